The van der Waals surface area contributed by atoms with Gasteiger partial charge < -0.3 is 5.73 Å². The average molecular weight is 243 g/mol. The van der Waals surface area contributed by atoms with E-state index in [0.29, 0.717) is 6.54 Å². The first kappa shape index (κ1) is 12.6. The fourth-order valence-corrected chi connectivity index (χ4v) is 1.91. The molecule has 0 aliphatic rings. The topological polar surface area (TPSA) is 67.9 Å². The Morgan fingerprint density at radius 1 is 1.28 bits per heavy atom. The molecule has 18 heavy (non-hydrogen) atoms. The summed E-state index contributed by atoms with van der Waals surface area (Å²) in [5.41, 5.74) is 7.94. The highest BCUT2D eigenvalue weighted by atomic mass is 15.1. The molecule has 2 N–H and O–H groups in total. The lowest BCUT2D eigenvalue weighted by molar-refractivity contribution is 0.237. The molecule has 2 heterocycles. The monoisotopic (exact) mass is 243 g/mol. The first-order valence-corrected chi connectivity index (χ1v) is 5.86. The summed E-state index contributed by atoms with van der Waals surface area (Å²) in [5, 5.41) is 0. The first-order chi connectivity index (χ1) is 8.81. The van der Waals surface area contributed by atoms with E-state index in [1.807, 2.05) is 25.4 Å². The van der Waals surface area contributed by atoms with Crippen LogP contribution < -0.4 is 5.73 Å². The van der Waals surface area contributed by atoms with Crippen LogP contribution in [0.25, 0.3) is 0 Å². The number of aromatic nitrogens is 3. The molecule has 0 fully saturated rings. The maximum atomic E-state index is 5.84. The van der Waals surface area contributed by atoms with Gasteiger partial charge in [-0.15, -0.1) is 0 Å². The summed E-state index contributed by atoms with van der Waals surface area (Å²) in [6.45, 7) is 1.31. The first-order valence-electron chi connectivity index (χ1n) is 5.86. The predicted molar refractivity (Wildman–Crippen MR) is 69.5 cm³/mol. The molecule has 0 radical (unpaired) electrons. The summed E-state index contributed by atoms with van der Waals surface area (Å²) >= 11 is 0. The largest absolute Gasteiger partial charge is 0.329 e. The summed E-state index contributed by atoms with van der Waals surface area (Å²) in [6, 6.07) is 5.98. The minimum atomic E-state index is 0.0909. The van der Waals surface area contributed by atoms with Crippen molar-refractivity contribution in [3.05, 3.63) is 54.4 Å². The molecule has 1 unspecified atom stereocenters. The normalized spacial score (nSPS) is 12.6. The van der Waals surface area contributed by atoms with Gasteiger partial charge in [-0.25, -0.2) is 9.97 Å². The molecule has 0 bridgehead atoms. The zero-order chi connectivity index (χ0) is 12.8. The molecule has 0 aliphatic heterocycles. The van der Waals surface area contributed by atoms with Crippen molar-refractivity contribution in [2.24, 2.45) is 5.73 Å². The zero-order valence-electron chi connectivity index (χ0n) is 10.4. The van der Waals surface area contributed by atoms with E-state index in [0.717, 1.165) is 17.8 Å². The van der Waals surface area contributed by atoms with Crippen molar-refractivity contribution in [1.29, 1.82) is 0 Å². The predicted octanol–water partition coefficient (Wildman–Crippen LogP) is 1.00. The van der Waals surface area contributed by atoms with E-state index < -0.39 is 0 Å². The third-order valence-corrected chi connectivity index (χ3v) is 2.86. The fourth-order valence-electron chi connectivity index (χ4n) is 1.91. The lowest BCUT2D eigenvalue weighted by Crippen LogP contribution is -2.30. The Morgan fingerprint density at radius 2 is 2.17 bits per heavy atom. The van der Waals surface area contributed by atoms with Crippen molar-refractivity contribution in [3.63, 3.8) is 0 Å². The highest BCUT2D eigenvalue weighted by molar-refractivity contribution is 5.10. The summed E-state index contributed by atoms with van der Waals surface area (Å²) in [4.78, 5) is 14.5. The van der Waals surface area contributed by atoms with Gasteiger partial charge >= 0.3 is 0 Å². The van der Waals surface area contributed by atoms with E-state index in [9.17, 15) is 0 Å². The van der Waals surface area contributed by atoms with Gasteiger partial charge in [-0.3, -0.25) is 9.88 Å². The standard InChI is InChI=1S/C13H17N5/c1-18(9-11-3-2-5-15-8-11)13(7-14)12-4-6-16-10-17-12/h2-6,8,10,13H,7,9,14H2,1H3. The molecular formula is C13H17N5. The van der Waals surface area contributed by atoms with Gasteiger partial charge in [0.05, 0.1) is 11.7 Å². The van der Waals surface area contributed by atoms with E-state index >= 15 is 0 Å². The molecule has 5 nitrogen and oxygen atoms in total. The zero-order valence-corrected chi connectivity index (χ0v) is 10.4. The van der Waals surface area contributed by atoms with E-state index in [-0.39, 0.29) is 6.04 Å². The highest BCUT2D eigenvalue weighted by Crippen LogP contribution is 2.17. The van der Waals surface area contributed by atoms with Crippen LogP contribution in [0.1, 0.15) is 17.3 Å². The maximum absolute atomic E-state index is 5.84. The number of pyridine rings is 1. The second-order valence-corrected chi connectivity index (χ2v) is 4.16. The molecule has 2 aromatic heterocycles. The second kappa shape index (κ2) is 6.18. The lowest BCUT2D eigenvalue weighted by Gasteiger charge is -2.26. The van der Waals surface area contributed by atoms with Crippen LogP contribution in [-0.2, 0) is 6.54 Å². The number of hydrogen-bond donors (Lipinski definition) is 1. The van der Waals surface area contributed by atoms with E-state index in [1.165, 1.54) is 0 Å². The summed E-state index contributed by atoms with van der Waals surface area (Å²) in [6.07, 6.45) is 6.93. The van der Waals surface area contributed by atoms with Crippen molar-refractivity contribution in [1.82, 2.24) is 19.9 Å². The van der Waals surface area contributed by atoms with Gasteiger partial charge in [-0.2, -0.15) is 0 Å². The van der Waals surface area contributed by atoms with Crippen molar-refractivity contribution >= 4 is 0 Å². The SMILES string of the molecule is CN(Cc1cccnc1)C(CN)c1ccncn1. The van der Waals surface area contributed by atoms with Crippen molar-refractivity contribution in [3.8, 4) is 0 Å². The van der Waals surface area contributed by atoms with Gasteiger partial charge in [-0.05, 0) is 24.7 Å². The van der Waals surface area contributed by atoms with Crippen LogP contribution >= 0.6 is 0 Å². The smallest absolute Gasteiger partial charge is 0.115 e. The molecule has 0 aromatic carbocycles. The molecule has 0 amide bonds. The molecule has 0 saturated heterocycles. The van der Waals surface area contributed by atoms with E-state index in [4.69, 9.17) is 5.73 Å². The third-order valence-electron chi connectivity index (χ3n) is 2.86. The van der Waals surface area contributed by atoms with Crippen LogP contribution in [-0.4, -0.2) is 33.4 Å². The molecule has 0 aliphatic carbocycles. The third kappa shape index (κ3) is 3.09. The van der Waals surface area contributed by atoms with Crippen molar-refractivity contribution in [2.45, 2.75) is 12.6 Å². The fraction of sp³-hybridized carbons (Fsp3) is 0.308. The van der Waals surface area contributed by atoms with E-state index in [1.54, 1.807) is 18.7 Å². The summed E-state index contributed by atoms with van der Waals surface area (Å²) in [5.74, 6) is 0. The second-order valence-electron chi connectivity index (χ2n) is 4.16. The van der Waals surface area contributed by atoms with Crippen LogP contribution in [0.15, 0.2) is 43.1 Å². The molecule has 94 valence electrons. The Balaban J connectivity index is 2.09. The molecule has 2 aromatic rings. The van der Waals surface area contributed by atoms with Gasteiger partial charge in [0.1, 0.15) is 6.33 Å². The van der Waals surface area contributed by atoms with E-state index in [2.05, 4.69) is 25.9 Å². The number of rotatable bonds is 5. The average Bonchev–Trinajstić information content (AvgIpc) is 2.42. The lowest BCUT2D eigenvalue weighted by atomic mass is 10.1. The van der Waals surface area contributed by atoms with Crippen LogP contribution in [0.3, 0.4) is 0 Å². The van der Waals surface area contributed by atoms with Crippen LogP contribution in [0.4, 0.5) is 0 Å². The van der Waals surface area contributed by atoms with Gasteiger partial charge in [0.15, 0.2) is 0 Å². The minimum Gasteiger partial charge on any atom is -0.329 e. The minimum absolute atomic E-state index is 0.0909. The molecule has 1 atom stereocenters. The number of nitrogens with two attached hydrogens (primary N) is 1. The molecule has 0 spiro atoms. The summed E-state index contributed by atoms with van der Waals surface area (Å²) in [7, 11) is 2.03. The number of likely N-dealkylation sites (N-methyl/N-ethyl adjacent to an activating group) is 1. The molecule has 5 heteroatoms. The molecule has 0 saturated carbocycles. The number of nitrogens with zero attached hydrogens (tertiary/aromatic N) is 4. The Bertz CT molecular complexity index is 459. The van der Waals surface area contributed by atoms with Crippen LogP contribution in [0.2, 0.25) is 0 Å². The molecular weight excluding hydrogens is 226 g/mol. The van der Waals surface area contributed by atoms with Gasteiger partial charge in [0, 0.05) is 31.7 Å². The number of hydrogen-bond acceptors (Lipinski definition) is 5. The maximum Gasteiger partial charge on any atom is 0.115 e. The Labute approximate surface area is 107 Å². The Hall–Kier alpha value is -1.85. The Morgan fingerprint density at radius 3 is 2.78 bits per heavy atom. The highest BCUT2D eigenvalue weighted by Gasteiger charge is 2.16. The summed E-state index contributed by atoms with van der Waals surface area (Å²) < 4.78 is 0. The van der Waals surface area contributed by atoms with Gasteiger partial charge in [-0.1, -0.05) is 6.07 Å². The molecule has 2 rings (SSSR count). The quantitative estimate of drug-likeness (QED) is 0.848. The van der Waals surface area contributed by atoms with Gasteiger partial charge in [0.2, 0.25) is 0 Å². The Kier molecular flexibility index (Phi) is 4.33. The van der Waals surface area contributed by atoms with Crippen molar-refractivity contribution < 1.29 is 0 Å². The van der Waals surface area contributed by atoms with Crippen molar-refractivity contribution in [2.75, 3.05) is 13.6 Å². The van der Waals surface area contributed by atoms with Gasteiger partial charge in [0.25, 0.3) is 0 Å². The van der Waals surface area contributed by atoms with Crippen LogP contribution in [0, 0.1) is 0 Å². The van der Waals surface area contributed by atoms with Crippen LogP contribution in [0.5, 0.6) is 0 Å².